The van der Waals surface area contributed by atoms with Gasteiger partial charge in [-0.1, -0.05) is 67.4 Å². The highest BCUT2D eigenvalue weighted by Crippen LogP contribution is 2.38. The van der Waals surface area contributed by atoms with Gasteiger partial charge in [-0.05, 0) is 25.3 Å². The SMILES string of the molecule is CCC(CC)(c1ccccc1)c1nc(Cl)c(C)c(Cl)n1. The maximum absolute atomic E-state index is 6.19. The molecular formula is C16H18Cl2N2. The third kappa shape index (κ3) is 2.55. The molecule has 0 amide bonds. The van der Waals surface area contributed by atoms with Crippen LogP contribution in [0.5, 0.6) is 0 Å². The predicted molar refractivity (Wildman–Crippen MR) is 84.6 cm³/mol. The maximum atomic E-state index is 6.19. The van der Waals surface area contributed by atoms with Gasteiger partial charge in [0.15, 0.2) is 0 Å². The van der Waals surface area contributed by atoms with E-state index >= 15 is 0 Å². The Balaban J connectivity index is 2.65. The van der Waals surface area contributed by atoms with Crippen molar-refractivity contribution in [2.24, 2.45) is 0 Å². The Morgan fingerprint density at radius 1 is 0.950 bits per heavy atom. The molecule has 0 fully saturated rings. The summed E-state index contributed by atoms with van der Waals surface area (Å²) >= 11 is 12.4. The van der Waals surface area contributed by atoms with Crippen molar-refractivity contribution in [3.63, 3.8) is 0 Å². The molecule has 0 aliphatic rings. The molecule has 0 aliphatic heterocycles. The van der Waals surface area contributed by atoms with Gasteiger partial charge in [-0.2, -0.15) is 0 Å². The van der Waals surface area contributed by atoms with Crippen LogP contribution in [0.25, 0.3) is 0 Å². The number of halogens is 2. The summed E-state index contributed by atoms with van der Waals surface area (Å²) < 4.78 is 0. The van der Waals surface area contributed by atoms with Crippen molar-refractivity contribution < 1.29 is 0 Å². The minimum atomic E-state index is -0.248. The molecule has 1 aromatic heterocycles. The zero-order valence-electron chi connectivity index (χ0n) is 12.0. The van der Waals surface area contributed by atoms with Gasteiger partial charge in [0.1, 0.15) is 16.1 Å². The van der Waals surface area contributed by atoms with Gasteiger partial charge in [-0.15, -0.1) is 0 Å². The van der Waals surface area contributed by atoms with Crippen molar-refractivity contribution >= 4 is 23.2 Å². The Kier molecular flexibility index (Phi) is 4.66. The van der Waals surface area contributed by atoms with Gasteiger partial charge in [0.25, 0.3) is 0 Å². The third-order valence-corrected chi connectivity index (χ3v) is 4.72. The molecule has 1 aromatic carbocycles. The molecular weight excluding hydrogens is 291 g/mol. The number of hydrogen-bond donors (Lipinski definition) is 0. The van der Waals surface area contributed by atoms with Gasteiger partial charge in [-0.25, -0.2) is 9.97 Å². The van der Waals surface area contributed by atoms with Crippen LogP contribution in [-0.2, 0) is 5.41 Å². The first kappa shape index (κ1) is 15.3. The summed E-state index contributed by atoms with van der Waals surface area (Å²) in [5, 5.41) is 0.865. The fraction of sp³-hybridized carbons (Fsp3) is 0.375. The lowest BCUT2D eigenvalue weighted by Gasteiger charge is -2.31. The monoisotopic (exact) mass is 308 g/mol. The molecule has 2 aromatic rings. The van der Waals surface area contributed by atoms with E-state index in [4.69, 9.17) is 23.2 Å². The van der Waals surface area contributed by atoms with Crippen molar-refractivity contribution in [2.45, 2.75) is 39.0 Å². The van der Waals surface area contributed by atoms with Gasteiger partial charge in [0.05, 0.1) is 5.41 Å². The molecule has 2 rings (SSSR count). The summed E-state index contributed by atoms with van der Waals surface area (Å²) in [6, 6.07) is 10.3. The van der Waals surface area contributed by atoms with E-state index in [2.05, 4.69) is 35.9 Å². The van der Waals surface area contributed by atoms with Crippen molar-refractivity contribution in [1.29, 1.82) is 0 Å². The van der Waals surface area contributed by atoms with E-state index in [0.717, 1.165) is 18.4 Å². The Morgan fingerprint density at radius 3 is 1.90 bits per heavy atom. The highest BCUT2D eigenvalue weighted by molar-refractivity contribution is 6.34. The average molecular weight is 309 g/mol. The highest BCUT2D eigenvalue weighted by Gasteiger charge is 2.34. The minimum absolute atomic E-state index is 0.248. The second-order valence-electron chi connectivity index (χ2n) is 4.91. The lowest BCUT2D eigenvalue weighted by Crippen LogP contribution is -2.29. The lowest BCUT2D eigenvalue weighted by atomic mass is 9.75. The van der Waals surface area contributed by atoms with Gasteiger partial charge in [0.2, 0.25) is 0 Å². The largest absolute Gasteiger partial charge is 0.220 e. The molecule has 106 valence electrons. The van der Waals surface area contributed by atoms with Crippen LogP contribution in [0.4, 0.5) is 0 Å². The van der Waals surface area contributed by atoms with Crippen molar-refractivity contribution in [2.75, 3.05) is 0 Å². The maximum Gasteiger partial charge on any atom is 0.142 e. The molecule has 20 heavy (non-hydrogen) atoms. The Morgan fingerprint density at radius 2 is 1.45 bits per heavy atom. The van der Waals surface area contributed by atoms with Gasteiger partial charge in [0, 0.05) is 5.56 Å². The van der Waals surface area contributed by atoms with Crippen LogP contribution >= 0.6 is 23.2 Å². The quantitative estimate of drug-likeness (QED) is 0.726. The van der Waals surface area contributed by atoms with E-state index in [-0.39, 0.29) is 5.41 Å². The topological polar surface area (TPSA) is 25.8 Å². The van der Waals surface area contributed by atoms with Crippen molar-refractivity contribution in [3.8, 4) is 0 Å². The van der Waals surface area contributed by atoms with Gasteiger partial charge in [-0.3, -0.25) is 0 Å². The molecule has 0 saturated carbocycles. The van der Waals surface area contributed by atoms with E-state index in [0.29, 0.717) is 16.1 Å². The molecule has 0 N–H and O–H groups in total. The first-order chi connectivity index (χ1) is 9.55. The number of aromatic nitrogens is 2. The second-order valence-corrected chi connectivity index (χ2v) is 5.63. The summed E-state index contributed by atoms with van der Waals surface area (Å²) in [5.41, 5.74) is 1.68. The Bertz CT molecular complexity index is 570. The van der Waals surface area contributed by atoms with Gasteiger partial charge >= 0.3 is 0 Å². The number of rotatable bonds is 4. The molecule has 0 saturated heterocycles. The van der Waals surface area contributed by atoms with Crippen molar-refractivity contribution in [3.05, 3.63) is 57.6 Å². The molecule has 0 spiro atoms. The zero-order chi connectivity index (χ0) is 14.8. The molecule has 0 atom stereocenters. The van der Waals surface area contributed by atoms with Crippen LogP contribution < -0.4 is 0 Å². The molecule has 4 heteroatoms. The molecule has 0 bridgehead atoms. The number of nitrogens with zero attached hydrogens (tertiary/aromatic N) is 2. The van der Waals surface area contributed by atoms with E-state index in [1.54, 1.807) is 0 Å². The molecule has 2 nitrogen and oxygen atoms in total. The number of benzene rings is 1. The number of hydrogen-bond acceptors (Lipinski definition) is 2. The first-order valence-electron chi connectivity index (χ1n) is 6.80. The fourth-order valence-electron chi connectivity index (χ4n) is 2.54. The molecule has 1 heterocycles. The van der Waals surface area contributed by atoms with Crippen LogP contribution in [0.2, 0.25) is 10.3 Å². The smallest absolute Gasteiger partial charge is 0.142 e. The third-order valence-electron chi connectivity index (χ3n) is 3.99. The minimum Gasteiger partial charge on any atom is -0.220 e. The zero-order valence-corrected chi connectivity index (χ0v) is 13.5. The van der Waals surface area contributed by atoms with Crippen LogP contribution in [0.1, 0.15) is 43.6 Å². The van der Waals surface area contributed by atoms with Crippen LogP contribution in [-0.4, -0.2) is 9.97 Å². The van der Waals surface area contributed by atoms with Crippen molar-refractivity contribution in [1.82, 2.24) is 9.97 Å². The normalized spacial score (nSPS) is 11.7. The van der Waals surface area contributed by atoms with Crippen LogP contribution in [0, 0.1) is 6.92 Å². The Hall–Kier alpha value is -1.12. The van der Waals surface area contributed by atoms with E-state index in [1.807, 2.05) is 25.1 Å². The Labute approximate surface area is 130 Å². The second kappa shape index (κ2) is 6.11. The molecule has 0 aliphatic carbocycles. The van der Waals surface area contributed by atoms with E-state index < -0.39 is 0 Å². The van der Waals surface area contributed by atoms with Crippen LogP contribution in [0.15, 0.2) is 30.3 Å². The first-order valence-corrected chi connectivity index (χ1v) is 7.56. The summed E-state index contributed by atoms with van der Waals surface area (Å²) in [4.78, 5) is 8.99. The summed E-state index contributed by atoms with van der Waals surface area (Å²) in [6.07, 6.45) is 1.78. The molecule has 0 radical (unpaired) electrons. The average Bonchev–Trinajstić information content (AvgIpc) is 2.47. The van der Waals surface area contributed by atoms with E-state index in [1.165, 1.54) is 5.56 Å². The predicted octanol–water partition coefficient (Wildman–Crippen LogP) is 5.20. The van der Waals surface area contributed by atoms with E-state index in [9.17, 15) is 0 Å². The summed E-state index contributed by atoms with van der Waals surface area (Å²) in [6.45, 7) is 6.11. The lowest BCUT2D eigenvalue weighted by molar-refractivity contribution is 0.448. The fourth-order valence-corrected chi connectivity index (χ4v) is 2.93. The highest BCUT2D eigenvalue weighted by atomic mass is 35.5. The summed E-state index contributed by atoms with van der Waals surface area (Å²) in [7, 11) is 0. The summed E-state index contributed by atoms with van der Waals surface area (Å²) in [5.74, 6) is 0.703. The standard InChI is InChI=1S/C16H18Cl2N2/c1-4-16(5-2,12-9-7-6-8-10-12)15-19-13(17)11(3)14(18)20-15/h6-10H,4-5H2,1-3H3. The van der Waals surface area contributed by atoms with Gasteiger partial charge < -0.3 is 0 Å². The van der Waals surface area contributed by atoms with Crippen LogP contribution in [0.3, 0.4) is 0 Å². The molecule has 0 unspecified atom stereocenters.